The van der Waals surface area contributed by atoms with Crippen LogP contribution in [-0.2, 0) is 14.3 Å². The second-order valence-electron chi connectivity index (χ2n) is 10.7. The van der Waals surface area contributed by atoms with E-state index in [9.17, 15) is 29.1 Å². The Balaban J connectivity index is 1.34. The lowest BCUT2D eigenvalue weighted by Gasteiger charge is -2.38. The first-order chi connectivity index (χ1) is 21.8. The minimum Gasteiger partial charge on any atom is -0.480 e. The molecular weight excluding hydrogens is 590 g/mol. The predicted molar refractivity (Wildman–Crippen MR) is 167 cm³/mol. The number of ether oxygens (including phenoxy) is 1. The molecule has 0 spiro atoms. The van der Waals surface area contributed by atoms with Crippen molar-refractivity contribution < 1.29 is 33.8 Å². The highest BCUT2D eigenvalue weighted by atomic mass is 32.2. The van der Waals surface area contributed by atoms with Crippen LogP contribution in [0, 0.1) is 0 Å². The van der Waals surface area contributed by atoms with E-state index in [1.165, 1.54) is 36.0 Å². The third-order valence-corrected chi connectivity index (χ3v) is 9.90. The summed E-state index contributed by atoms with van der Waals surface area (Å²) in [5, 5.41) is 10.9. The van der Waals surface area contributed by atoms with Crippen molar-refractivity contribution in [2.24, 2.45) is 0 Å². The molecule has 5 aromatic carbocycles. The van der Waals surface area contributed by atoms with E-state index >= 15 is 0 Å². The number of imide groups is 1. The maximum absolute atomic E-state index is 14.0. The lowest BCUT2D eigenvalue weighted by molar-refractivity contribution is -0.140. The molecule has 2 aliphatic rings. The first-order valence-corrected chi connectivity index (χ1v) is 15.1. The van der Waals surface area contributed by atoms with Crippen LogP contribution in [0.2, 0.25) is 0 Å². The predicted octanol–water partition coefficient (Wildman–Crippen LogP) is 5.92. The number of carbonyl (C=O) groups excluding carboxylic acids is 4. The number of thioether (sulfide) groups is 1. The molecule has 2 aliphatic heterocycles. The highest BCUT2D eigenvalue weighted by molar-refractivity contribution is 8.00. The molecule has 7 rings (SSSR count). The summed E-state index contributed by atoms with van der Waals surface area (Å²) in [5.74, 6) is -4.89. The van der Waals surface area contributed by atoms with Crippen LogP contribution >= 0.6 is 11.8 Å². The zero-order valence-electron chi connectivity index (χ0n) is 23.5. The first kappa shape index (κ1) is 28.2. The highest BCUT2D eigenvalue weighted by Crippen LogP contribution is 2.49. The standard InChI is InChI=1S/C36H23NO7S/c38-31-24-16-18-26-30-27(35(43)44-34(26)42)19-17-25(29(24)30)32(39)37(31)28(33(40)41)20-45-36(21-10-4-1-5-11-21,22-12-6-2-7-13-22)23-14-8-3-9-15-23/h1-19,28H,20H2,(H,40,41)/t28-/m0/s1. The van der Waals surface area contributed by atoms with E-state index in [-0.39, 0.29) is 38.8 Å². The highest BCUT2D eigenvalue weighted by Gasteiger charge is 2.45. The van der Waals surface area contributed by atoms with Gasteiger partial charge in [0.25, 0.3) is 11.8 Å². The molecule has 2 heterocycles. The summed E-state index contributed by atoms with van der Waals surface area (Å²) >= 11 is 1.32. The summed E-state index contributed by atoms with van der Waals surface area (Å²) in [5.41, 5.74) is 2.87. The minimum atomic E-state index is -1.55. The molecule has 1 N–H and O–H groups in total. The summed E-state index contributed by atoms with van der Waals surface area (Å²) in [4.78, 5) is 66.7. The quantitative estimate of drug-likeness (QED) is 0.0991. The Morgan fingerprint density at radius 1 is 0.622 bits per heavy atom. The zero-order valence-corrected chi connectivity index (χ0v) is 24.3. The zero-order chi connectivity index (χ0) is 31.3. The van der Waals surface area contributed by atoms with Gasteiger partial charge in [-0.1, -0.05) is 91.0 Å². The van der Waals surface area contributed by atoms with Gasteiger partial charge in [-0.3, -0.25) is 14.5 Å². The van der Waals surface area contributed by atoms with Crippen molar-refractivity contribution in [1.82, 2.24) is 4.90 Å². The monoisotopic (exact) mass is 613 g/mol. The van der Waals surface area contributed by atoms with Gasteiger partial charge in [0.05, 0.1) is 15.9 Å². The molecule has 2 amide bonds. The van der Waals surface area contributed by atoms with Crippen molar-refractivity contribution in [3.05, 3.63) is 154 Å². The van der Waals surface area contributed by atoms with Gasteiger partial charge in [-0.25, -0.2) is 14.4 Å². The molecule has 0 bridgehead atoms. The van der Waals surface area contributed by atoms with E-state index in [1.54, 1.807) is 0 Å². The second kappa shape index (κ2) is 10.9. The minimum absolute atomic E-state index is 0.0318. The summed E-state index contributed by atoms with van der Waals surface area (Å²) < 4.78 is 3.92. The molecule has 0 unspecified atom stereocenters. The van der Waals surface area contributed by atoms with E-state index in [4.69, 9.17) is 4.74 Å². The van der Waals surface area contributed by atoms with E-state index in [2.05, 4.69) is 0 Å². The van der Waals surface area contributed by atoms with Crippen molar-refractivity contribution in [3.8, 4) is 0 Å². The van der Waals surface area contributed by atoms with Crippen molar-refractivity contribution >= 4 is 52.3 Å². The van der Waals surface area contributed by atoms with Gasteiger partial charge in [0.15, 0.2) is 0 Å². The van der Waals surface area contributed by atoms with Crippen LogP contribution < -0.4 is 0 Å². The Labute approximate surface area is 261 Å². The average Bonchev–Trinajstić information content (AvgIpc) is 3.07. The average molecular weight is 614 g/mol. The summed E-state index contributed by atoms with van der Waals surface area (Å²) in [7, 11) is 0. The van der Waals surface area contributed by atoms with Gasteiger partial charge in [-0.05, 0) is 41.0 Å². The van der Waals surface area contributed by atoms with Gasteiger partial charge >= 0.3 is 17.9 Å². The van der Waals surface area contributed by atoms with Gasteiger partial charge in [0.1, 0.15) is 6.04 Å². The normalized spacial score (nSPS) is 14.8. The van der Waals surface area contributed by atoms with Crippen LogP contribution in [0.1, 0.15) is 58.1 Å². The third kappa shape index (κ3) is 4.35. The summed E-state index contributed by atoms with van der Waals surface area (Å²) in [6.45, 7) is 0. The lowest BCUT2D eigenvalue weighted by atomic mass is 9.84. The number of hydrogen-bond donors (Lipinski definition) is 1. The van der Waals surface area contributed by atoms with Crippen LogP contribution in [0.25, 0.3) is 10.8 Å². The number of rotatable bonds is 8. The van der Waals surface area contributed by atoms with Crippen LogP contribution in [0.4, 0.5) is 0 Å². The van der Waals surface area contributed by atoms with Crippen LogP contribution in [0.3, 0.4) is 0 Å². The SMILES string of the molecule is O=C1OC(=O)c2ccc3c4c(ccc1c24)C(=O)N([C@@H](CSC(c1ccccc1)(c1ccccc1)c1ccccc1)C(=O)O)C3=O. The van der Waals surface area contributed by atoms with Crippen molar-refractivity contribution in [3.63, 3.8) is 0 Å². The number of benzene rings is 5. The van der Waals surface area contributed by atoms with E-state index in [0.717, 1.165) is 21.6 Å². The number of hydrogen-bond acceptors (Lipinski definition) is 7. The van der Waals surface area contributed by atoms with E-state index in [1.807, 2.05) is 91.0 Å². The molecule has 0 aromatic heterocycles. The molecule has 1 atom stereocenters. The molecule has 45 heavy (non-hydrogen) atoms. The first-order valence-electron chi connectivity index (χ1n) is 14.1. The molecular formula is C36H23NO7S. The molecule has 5 aromatic rings. The molecule has 9 heteroatoms. The number of amides is 2. The smallest absolute Gasteiger partial charge is 0.346 e. The van der Waals surface area contributed by atoms with Gasteiger partial charge in [-0.2, -0.15) is 0 Å². The van der Waals surface area contributed by atoms with E-state index < -0.39 is 40.5 Å². The van der Waals surface area contributed by atoms with Gasteiger partial charge in [0, 0.05) is 27.7 Å². The molecule has 0 saturated carbocycles. The Hall–Kier alpha value is -5.54. The molecule has 0 radical (unpaired) electrons. The van der Waals surface area contributed by atoms with Gasteiger partial charge in [-0.15, -0.1) is 11.8 Å². The van der Waals surface area contributed by atoms with Crippen LogP contribution in [0.15, 0.2) is 115 Å². The largest absolute Gasteiger partial charge is 0.480 e. The molecule has 8 nitrogen and oxygen atoms in total. The fourth-order valence-electron chi connectivity index (χ4n) is 6.25. The van der Waals surface area contributed by atoms with E-state index in [0.29, 0.717) is 0 Å². The third-order valence-electron chi connectivity index (χ3n) is 8.28. The number of carboxylic acid groups (broad SMARTS) is 1. The van der Waals surface area contributed by atoms with Crippen LogP contribution in [0.5, 0.6) is 0 Å². The molecule has 220 valence electrons. The number of carbonyl (C=O) groups is 5. The Bertz CT molecular complexity index is 1880. The Kier molecular flexibility index (Phi) is 6.82. The fourth-order valence-corrected chi connectivity index (χ4v) is 7.86. The maximum Gasteiger partial charge on any atom is 0.346 e. The van der Waals surface area contributed by atoms with Crippen LogP contribution in [-0.4, -0.2) is 51.5 Å². The number of nitrogens with zero attached hydrogens (tertiary/aromatic N) is 1. The summed E-state index contributed by atoms with van der Waals surface area (Å²) in [6, 6.07) is 33.0. The van der Waals surface area contributed by atoms with Crippen molar-refractivity contribution in [1.29, 1.82) is 0 Å². The van der Waals surface area contributed by atoms with Crippen molar-refractivity contribution in [2.45, 2.75) is 10.8 Å². The molecule has 0 fully saturated rings. The second-order valence-corrected chi connectivity index (χ2v) is 11.9. The number of cyclic esters (lactones) is 2. The number of carboxylic acids is 1. The van der Waals surface area contributed by atoms with Crippen molar-refractivity contribution in [2.75, 3.05) is 5.75 Å². The Morgan fingerprint density at radius 3 is 1.40 bits per heavy atom. The lowest BCUT2D eigenvalue weighted by Crippen LogP contribution is -2.52. The topological polar surface area (TPSA) is 118 Å². The van der Waals surface area contributed by atoms with Gasteiger partial charge in [0.2, 0.25) is 0 Å². The number of esters is 2. The van der Waals surface area contributed by atoms with Gasteiger partial charge < -0.3 is 9.84 Å². The fraction of sp³-hybridized carbons (Fsp3) is 0.0833. The summed E-state index contributed by atoms with van der Waals surface area (Å²) in [6.07, 6.45) is 0. The Morgan fingerprint density at radius 2 is 1.00 bits per heavy atom. The molecule has 0 aliphatic carbocycles. The molecule has 0 saturated heterocycles. The maximum atomic E-state index is 14.0. The number of aliphatic carboxylic acids is 1.